The summed E-state index contributed by atoms with van der Waals surface area (Å²) in [7, 11) is 0. The van der Waals surface area contributed by atoms with Crippen LogP contribution in [-0.4, -0.2) is 10.7 Å². The zero-order valence-corrected chi connectivity index (χ0v) is 12.6. The molecule has 1 aromatic heterocycles. The summed E-state index contributed by atoms with van der Waals surface area (Å²) >= 11 is 0. The molecule has 0 fully saturated rings. The lowest BCUT2D eigenvalue weighted by atomic mass is 10.2. The van der Waals surface area contributed by atoms with Gasteiger partial charge in [0.1, 0.15) is 5.75 Å². The van der Waals surface area contributed by atoms with Gasteiger partial charge >= 0.3 is 6.09 Å². The number of para-hydroxylation sites is 1. The van der Waals surface area contributed by atoms with Crippen molar-refractivity contribution in [3.8, 4) is 5.75 Å². The number of rotatable bonds is 3. The molecule has 0 saturated heterocycles. The van der Waals surface area contributed by atoms with E-state index < -0.39 is 6.09 Å². The molecule has 2 aromatic carbocycles. The highest BCUT2D eigenvalue weighted by Gasteiger charge is 2.08. The van der Waals surface area contributed by atoms with Gasteiger partial charge in [0, 0.05) is 28.8 Å². The van der Waals surface area contributed by atoms with Gasteiger partial charge in [-0.2, -0.15) is 0 Å². The summed E-state index contributed by atoms with van der Waals surface area (Å²) in [5.74, 6) is 0.520. The molecule has 3 aromatic rings. The average molecular weight is 294 g/mol. The molecule has 0 aliphatic carbocycles. The minimum Gasteiger partial charge on any atom is -0.410 e. The molecule has 1 heterocycles. The normalized spacial score (nSPS) is 10.9. The van der Waals surface area contributed by atoms with Crippen molar-refractivity contribution in [3.05, 3.63) is 60.8 Å². The topological polar surface area (TPSA) is 43.3 Å². The monoisotopic (exact) mass is 294 g/mol. The molecule has 3 rings (SSSR count). The second-order valence-electron chi connectivity index (χ2n) is 5.42. The van der Waals surface area contributed by atoms with Crippen LogP contribution in [-0.2, 0) is 0 Å². The molecule has 1 amide bonds. The largest absolute Gasteiger partial charge is 0.417 e. The maximum atomic E-state index is 11.9. The van der Waals surface area contributed by atoms with Crippen LogP contribution >= 0.6 is 0 Å². The summed E-state index contributed by atoms with van der Waals surface area (Å²) in [5, 5.41) is 3.84. The molecule has 1 N–H and O–H groups in total. The smallest absolute Gasteiger partial charge is 0.410 e. The van der Waals surface area contributed by atoms with Crippen molar-refractivity contribution >= 4 is 22.7 Å². The molecule has 112 valence electrons. The lowest BCUT2D eigenvalue weighted by Gasteiger charge is -2.10. The van der Waals surface area contributed by atoms with Crippen molar-refractivity contribution in [2.45, 2.75) is 19.9 Å². The molecule has 0 radical (unpaired) electrons. The number of anilines is 1. The fourth-order valence-electron chi connectivity index (χ4n) is 2.43. The van der Waals surface area contributed by atoms with E-state index in [-0.39, 0.29) is 0 Å². The molecule has 0 saturated carbocycles. The quantitative estimate of drug-likeness (QED) is 0.751. The molecule has 0 spiro atoms. The van der Waals surface area contributed by atoms with Crippen LogP contribution in [0.3, 0.4) is 0 Å². The number of carbonyl (C=O) groups is 1. The van der Waals surface area contributed by atoms with Gasteiger partial charge in [-0.3, -0.25) is 5.32 Å². The Morgan fingerprint density at radius 2 is 1.86 bits per heavy atom. The summed E-state index contributed by atoms with van der Waals surface area (Å²) in [6.45, 7) is 4.28. The predicted molar refractivity (Wildman–Crippen MR) is 88.4 cm³/mol. The Hall–Kier alpha value is -2.75. The zero-order chi connectivity index (χ0) is 15.5. The van der Waals surface area contributed by atoms with Gasteiger partial charge < -0.3 is 9.30 Å². The summed E-state index contributed by atoms with van der Waals surface area (Å²) in [4.78, 5) is 11.9. The van der Waals surface area contributed by atoms with Crippen LogP contribution in [0.4, 0.5) is 10.5 Å². The molecular formula is C18H18N2O2. The first kappa shape index (κ1) is 14.2. The SMILES string of the molecule is CC(C)n1ccc2cc(NC(=O)Oc3ccccc3)ccc21. The van der Waals surface area contributed by atoms with E-state index in [0.29, 0.717) is 11.8 Å². The maximum Gasteiger partial charge on any atom is 0.417 e. The highest BCUT2D eigenvalue weighted by atomic mass is 16.6. The summed E-state index contributed by atoms with van der Waals surface area (Å²) < 4.78 is 7.41. The predicted octanol–water partition coefficient (Wildman–Crippen LogP) is 4.83. The number of nitrogens with zero attached hydrogens (tertiary/aromatic N) is 1. The number of carbonyl (C=O) groups excluding carboxylic acids is 1. The number of ether oxygens (including phenoxy) is 1. The van der Waals surface area contributed by atoms with Crippen LogP contribution in [0.1, 0.15) is 19.9 Å². The van der Waals surface area contributed by atoms with Crippen molar-refractivity contribution < 1.29 is 9.53 Å². The first-order chi connectivity index (χ1) is 10.6. The first-order valence-corrected chi connectivity index (χ1v) is 7.28. The maximum absolute atomic E-state index is 11.9. The Morgan fingerprint density at radius 1 is 1.09 bits per heavy atom. The molecule has 0 unspecified atom stereocenters. The van der Waals surface area contributed by atoms with Crippen LogP contribution in [0.5, 0.6) is 5.75 Å². The van der Waals surface area contributed by atoms with Crippen molar-refractivity contribution in [3.63, 3.8) is 0 Å². The van der Waals surface area contributed by atoms with Crippen LogP contribution in [0.25, 0.3) is 10.9 Å². The minimum atomic E-state index is -0.492. The first-order valence-electron chi connectivity index (χ1n) is 7.28. The highest BCUT2D eigenvalue weighted by molar-refractivity contribution is 5.91. The highest BCUT2D eigenvalue weighted by Crippen LogP contribution is 2.23. The molecule has 22 heavy (non-hydrogen) atoms. The van der Waals surface area contributed by atoms with Crippen molar-refractivity contribution in [1.29, 1.82) is 0 Å². The van der Waals surface area contributed by atoms with Gasteiger partial charge in [-0.15, -0.1) is 0 Å². The van der Waals surface area contributed by atoms with E-state index in [1.165, 1.54) is 0 Å². The number of hydrogen-bond donors (Lipinski definition) is 1. The van der Waals surface area contributed by atoms with E-state index in [4.69, 9.17) is 4.74 Å². The Morgan fingerprint density at radius 3 is 2.59 bits per heavy atom. The van der Waals surface area contributed by atoms with Crippen molar-refractivity contribution in [1.82, 2.24) is 4.57 Å². The zero-order valence-electron chi connectivity index (χ0n) is 12.6. The molecule has 4 heteroatoms. The van der Waals surface area contributed by atoms with Gasteiger partial charge in [0.25, 0.3) is 0 Å². The molecule has 0 bridgehead atoms. The molecule has 0 aliphatic rings. The van der Waals surface area contributed by atoms with Crippen LogP contribution in [0, 0.1) is 0 Å². The number of benzene rings is 2. The van der Waals surface area contributed by atoms with E-state index in [1.54, 1.807) is 12.1 Å². The fourth-order valence-corrected chi connectivity index (χ4v) is 2.43. The summed E-state index contributed by atoms with van der Waals surface area (Å²) in [5.41, 5.74) is 1.87. The third-order valence-electron chi connectivity index (χ3n) is 3.48. The standard InChI is InChI=1S/C18H18N2O2/c1-13(2)20-11-10-14-12-15(8-9-17(14)20)19-18(21)22-16-6-4-3-5-7-16/h3-13H,1-2H3,(H,19,21). The van der Waals surface area contributed by atoms with Gasteiger partial charge in [0.15, 0.2) is 0 Å². The van der Waals surface area contributed by atoms with Gasteiger partial charge in [0.2, 0.25) is 0 Å². The summed E-state index contributed by atoms with van der Waals surface area (Å²) in [6, 6.07) is 17.3. The van der Waals surface area contributed by atoms with Crippen LogP contribution in [0.2, 0.25) is 0 Å². The average Bonchev–Trinajstić information content (AvgIpc) is 2.91. The van der Waals surface area contributed by atoms with Crippen molar-refractivity contribution in [2.75, 3.05) is 5.32 Å². The number of hydrogen-bond acceptors (Lipinski definition) is 2. The van der Waals surface area contributed by atoms with Crippen LogP contribution in [0.15, 0.2) is 60.8 Å². The minimum absolute atomic E-state index is 0.402. The third kappa shape index (κ3) is 2.96. The lowest BCUT2D eigenvalue weighted by Crippen LogP contribution is -2.16. The molecule has 0 atom stereocenters. The van der Waals surface area contributed by atoms with Gasteiger partial charge in [-0.25, -0.2) is 4.79 Å². The Labute approximate surface area is 129 Å². The van der Waals surface area contributed by atoms with Gasteiger partial charge in [-0.1, -0.05) is 18.2 Å². The Balaban J connectivity index is 1.75. The Bertz CT molecular complexity index is 791. The number of amides is 1. The van der Waals surface area contributed by atoms with Gasteiger partial charge in [-0.05, 0) is 50.2 Å². The lowest BCUT2D eigenvalue weighted by molar-refractivity contribution is 0.215. The van der Waals surface area contributed by atoms with E-state index >= 15 is 0 Å². The molecule has 4 nitrogen and oxygen atoms in total. The molecule has 0 aliphatic heterocycles. The number of fused-ring (bicyclic) bond motifs is 1. The molecular weight excluding hydrogens is 276 g/mol. The summed E-state index contributed by atoms with van der Waals surface area (Å²) in [6.07, 6.45) is 1.57. The number of aromatic nitrogens is 1. The Kier molecular flexibility index (Phi) is 3.83. The van der Waals surface area contributed by atoms with Gasteiger partial charge in [0.05, 0.1) is 0 Å². The third-order valence-corrected chi connectivity index (χ3v) is 3.48. The van der Waals surface area contributed by atoms with E-state index in [2.05, 4.69) is 29.9 Å². The van der Waals surface area contributed by atoms with E-state index in [0.717, 1.165) is 16.6 Å². The van der Waals surface area contributed by atoms with E-state index in [9.17, 15) is 4.79 Å². The second-order valence-corrected chi connectivity index (χ2v) is 5.42. The van der Waals surface area contributed by atoms with E-state index in [1.807, 2.05) is 42.5 Å². The number of nitrogens with one attached hydrogen (secondary N) is 1. The fraction of sp³-hybridized carbons (Fsp3) is 0.167. The van der Waals surface area contributed by atoms with Crippen molar-refractivity contribution in [2.24, 2.45) is 0 Å². The van der Waals surface area contributed by atoms with Crippen LogP contribution < -0.4 is 10.1 Å². The second kappa shape index (κ2) is 5.93.